The number of thiazole rings is 1. The lowest BCUT2D eigenvalue weighted by Gasteiger charge is -2.30. The van der Waals surface area contributed by atoms with Crippen LogP contribution >= 0.6 is 11.3 Å². The molecule has 37 heavy (non-hydrogen) atoms. The van der Waals surface area contributed by atoms with Crippen molar-refractivity contribution in [2.75, 3.05) is 24.5 Å². The molecule has 194 valence electrons. The Morgan fingerprint density at radius 1 is 1.14 bits per heavy atom. The maximum Gasteiger partial charge on any atom is 0.260 e. The van der Waals surface area contributed by atoms with Gasteiger partial charge in [-0.25, -0.2) is 13.4 Å². The second-order valence-corrected chi connectivity index (χ2v) is 12.7. The highest BCUT2D eigenvalue weighted by molar-refractivity contribution is 7.89. The second kappa shape index (κ2) is 10.4. The number of rotatable bonds is 7. The molecule has 0 bridgehead atoms. The van der Waals surface area contributed by atoms with Crippen molar-refractivity contribution in [3.63, 3.8) is 0 Å². The molecule has 0 N–H and O–H groups in total. The summed E-state index contributed by atoms with van der Waals surface area (Å²) in [5, 5.41) is 5.13. The van der Waals surface area contributed by atoms with Crippen LogP contribution < -0.4 is 4.90 Å². The van der Waals surface area contributed by atoms with Crippen LogP contribution in [0.5, 0.6) is 0 Å². The Hall–Kier alpha value is -3.08. The van der Waals surface area contributed by atoms with Crippen LogP contribution in [0.2, 0.25) is 0 Å². The van der Waals surface area contributed by atoms with Crippen LogP contribution in [-0.2, 0) is 16.6 Å². The molecule has 1 aliphatic heterocycles. The number of carbonyl (C=O) groups is 1. The van der Waals surface area contributed by atoms with Gasteiger partial charge in [0.1, 0.15) is 0 Å². The number of sulfonamides is 1. The number of aromatic nitrogens is 3. The van der Waals surface area contributed by atoms with Gasteiger partial charge in [-0.1, -0.05) is 30.4 Å². The Bertz CT molecular complexity index is 1490. The van der Waals surface area contributed by atoms with Gasteiger partial charge in [0.2, 0.25) is 10.0 Å². The van der Waals surface area contributed by atoms with Crippen LogP contribution in [0.3, 0.4) is 0 Å². The SMILES string of the molecule is Cc1cc(C)n(CCN(C(=O)c2ccc(S(=O)(=O)N3CCCC(C)C3)cc2)c2nc3ccccc3s2)n1. The van der Waals surface area contributed by atoms with E-state index >= 15 is 0 Å². The molecular formula is C27H31N5O3S2. The number of hydrogen-bond donors (Lipinski definition) is 0. The monoisotopic (exact) mass is 537 g/mol. The van der Waals surface area contributed by atoms with E-state index in [1.165, 1.54) is 11.3 Å². The first-order chi connectivity index (χ1) is 17.7. The van der Waals surface area contributed by atoms with Gasteiger partial charge in [0, 0.05) is 30.9 Å². The van der Waals surface area contributed by atoms with E-state index in [1.54, 1.807) is 33.5 Å². The number of nitrogens with zero attached hydrogens (tertiary/aromatic N) is 5. The van der Waals surface area contributed by atoms with Gasteiger partial charge in [0.05, 0.1) is 27.4 Å². The van der Waals surface area contributed by atoms with E-state index < -0.39 is 10.0 Å². The van der Waals surface area contributed by atoms with E-state index in [4.69, 9.17) is 4.98 Å². The molecule has 1 fully saturated rings. The van der Waals surface area contributed by atoms with Crippen molar-refractivity contribution in [3.05, 3.63) is 71.5 Å². The van der Waals surface area contributed by atoms with Crippen LogP contribution in [0.15, 0.2) is 59.5 Å². The van der Waals surface area contributed by atoms with E-state index in [2.05, 4.69) is 12.0 Å². The summed E-state index contributed by atoms with van der Waals surface area (Å²) < 4.78 is 30.8. The van der Waals surface area contributed by atoms with E-state index in [0.717, 1.165) is 34.4 Å². The maximum atomic E-state index is 13.7. The molecule has 4 aromatic rings. The number of carbonyl (C=O) groups excluding carboxylic acids is 1. The number of anilines is 1. The van der Waals surface area contributed by atoms with Crippen molar-refractivity contribution in [2.45, 2.75) is 45.1 Å². The molecule has 1 atom stereocenters. The fourth-order valence-electron chi connectivity index (χ4n) is 4.79. The van der Waals surface area contributed by atoms with E-state index in [1.807, 2.05) is 48.9 Å². The van der Waals surface area contributed by atoms with Crippen molar-refractivity contribution in [3.8, 4) is 0 Å². The summed E-state index contributed by atoms with van der Waals surface area (Å²) in [5.74, 6) is 0.116. The lowest BCUT2D eigenvalue weighted by atomic mass is 10.0. The highest BCUT2D eigenvalue weighted by Crippen LogP contribution is 2.30. The molecule has 0 spiro atoms. The lowest BCUT2D eigenvalue weighted by Crippen LogP contribution is -2.39. The largest absolute Gasteiger partial charge is 0.282 e. The van der Waals surface area contributed by atoms with Gasteiger partial charge in [-0.3, -0.25) is 14.4 Å². The van der Waals surface area contributed by atoms with Gasteiger partial charge in [-0.05, 0) is 75.1 Å². The van der Waals surface area contributed by atoms with Gasteiger partial charge in [-0.2, -0.15) is 9.40 Å². The van der Waals surface area contributed by atoms with Crippen molar-refractivity contribution in [2.24, 2.45) is 5.92 Å². The molecule has 3 heterocycles. The highest BCUT2D eigenvalue weighted by atomic mass is 32.2. The van der Waals surface area contributed by atoms with Gasteiger partial charge in [0.25, 0.3) is 5.91 Å². The zero-order valence-corrected chi connectivity index (χ0v) is 22.9. The second-order valence-electron chi connectivity index (χ2n) is 9.71. The van der Waals surface area contributed by atoms with Gasteiger partial charge < -0.3 is 0 Å². The number of para-hydroxylation sites is 1. The summed E-state index contributed by atoms with van der Waals surface area (Å²) in [6, 6.07) is 16.1. The molecule has 1 amide bonds. The fourth-order valence-corrected chi connectivity index (χ4v) is 7.38. The molecule has 8 nitrogen and oxygen atoms in total. The van der Waals surface area contributed by atoms with Crippen LogP contribution in [0.1, 0.15) is 41.5 Å². The molecule has 1 aliphatic rings. The van der Waals surface area contributed by atoms with Crippen LogP contribution in [-0.4, -0.2) is 53.0 Å². The van der Waals surface area contributed by atoms with E-state index in [-0.39, 0.29) is 10.8 Å². The van der Waals surface area contributed by atoms with E-state index in [0.29, 0.717) is 42.8 Å². The predicted molar refractivity (Wildman–Crippen MR) is 147 cm³/mol. The minimum atomic E-state index is -3.59. The van der Waals surface area contributed by atoms with Crippen LogP contribution in [0.4, 0.5) is 5.13 Å². The summed E-state index contributed by atoms with van der Waals surface area (Å²) in [5.41, 5.74) is 3.20. The average molecular weight is 538 g/mol. The minimum Gasteiger partial charge on any atom is -0.282 e. The molecule has 0 radical (unpaired) electrons. The Morgan fingerprint density at radius 3 is 2.57 bits per heavy atom. The first-order valence-corrected chi connectivity index (χ1v) is 14.8. The number of amides is 1. The maximum absolute atomic E-state index is 13.7. The zero-order valence-electron chi connectivity index (χ0n) is 21.3. The fraction of sp³-hybridized carbons (Fsp3) is 0.370. The summed E-state index contributed by atoms with van der Waals surface area (Å²) in [7, 11) is -3.59. The Labute approximate surface area is 221 Å². The highest BCUT2D eigenvalue weighted by Gasteiger charge is 2.29. The number of aryl methyl sites for hydroxylation is 2. The third kappa shape index (κ3) is 5.32. The number of benzene rings is 2. The van der Waals surface area contributed by atoms with Crippen LogP contribution in [0, 0.1) is 19.8 Å². The quantitative estimate of drug-likeness (QED) is 0.335. The number of fused-ring (bicyclic) bond motifs is 1. The molecule has 5 rings (SSSR count). The molecule has 10 heteroatoms. The molecule has 0 aliphatic carbocycles. The minimum absolute atomic E-state index is 0.215. The van der Waals surface area contributed by atoms with Crippen molar-refractivity contribution < 1.29 is 13.2 Å². The summed E-state index contributed by atoms with van der Waals surface area (Å²) in [6.07, 6.45) is 1.90. The normalized spacial score (nSPS) is 16.8. The summed E-state index contributed by atoms with van der Waals surface area (Å²) >= 11 is 1.46. The third-order valence-electron chi connectivity index (χ3n) is 6.76. The van der Waals surface area contributed by atoms with Crippen molar-refractivity contribution >= 4 is 42.6 Å². The molecule has 2 aromatic carbocycles. The van der Waals surface area contributed by atoms with Gasteiger partial charge in [-0.15, -0.1) is 0 Å². The topological polar surface area (TPSA) is 88.4 Å². The predicted octanol–water partition coefficient (Wildman–Crippen LogP) is 4.88. The molecular weight excluding hydrogens is 506 g/mol. The lowest BCUT2D eigenvalue weighted by molar-refractivity contribution is 0.0985. The molecule has 2 aromatic heterocycles. The van der Waals surface area contributed by atoms with E-state index in [9.17, 15) is 13.2 Å². The summed E-state index contributed by atoms with van der Waals surface area (Å²) in [4.78, 5) is 20.3. The molecule has 1 unspecified atom stereocenters. The molecule has 0 saturated carbocycles. The standard InChI is InChI=1S/C27H31N5O3S2/c1-19-7-6-14-30(18-19)37(34,35)23-12-10-22(11-13-23)26(33)31(15-16-32-21(3)17-20(2)29-32)27-28-24-8-4-5-9-25(24)36-27/h4-5,8-13,17,19H,6-7,14-16,18H2,1-3H3. The first-order valence-electron chi connectivity index (χ1n) is 12.5. The third-order valence-corrected chi connectivity index (χ3v) is 9.69. The Morgan fingerprint density at radius 2 is 1.89 bits per heavy atom. The number of piperidine rings is 1. The van der Waals surface area contributed by atoms with Gasteiger partial charge >= 0.3 is 0 Å². The number of hydrogen-bond acceptors (Lipinski definition) is 6. The average Bonchev–Trinajstić information content (AvgIpc) is 3.46. The zero-order chi connectivity index (χ0) is 26.2. The molecule has 1 saturated heterocycles. The Kier molecular flexibility index (Phi) is 7.15. The van der Waals surface area contributed by atoms with Crippen molar-refractivity contribution in [1.82, 2.24) is 19.1 Å². The van der Waals surface area contributed by atoms with Crippen molar-refractivity contribution in [1.29, 1.82) is 0 Å². The smallest absolute Gasteiger partial charge is 0.260 e. The van der Waals surface area contributed by atoms with Crippen LogP contribution in [0.25, 0.3) is 10.2 Å². The summed E-state index contributed by atoms with van der Waals surface area (Å²) in [6.45, 7) is 7.97. The van der Waals surface area contributed by atoms with Gasteiger partial charge in [0.15, 0.2) is 5.13 Å². The Balaban J connectivity index is 1.42. The first kappa shape index (κ1) is 25.6.